The number of carbonyl (C=O) groups is 1. The standard InChI is InChI=1S/C18H20N8O3S2/c1-2-13(30-18-24-14(19)10-15(20)25-18)16(27)23-11-4-6-12(7-5-11)31(28,29)26-17-21-8-3-9-22-17/h3-10,13H,2H2,1H3,(H,23,27)(H,21,22,26)(H4,19,20,24,25). The molecule has 1 amide bonds. The summed E-state index contributed by atoms with van der Waals surface area (Å²) in [5, 5.41) is 2.56. The third kappa shape index (κ3) is 6.02. The summed E-state index contributed by atoms with van der Waals surface area (Å²) >= 11 is 1.14. The van der Waals surface area contributed by atoms with Gasteiger partial charge in [-0.1, -0.05) is 18.7 Å². The Morgan fingerprint density at radius 3 is 2.29 bits per heavy atom. The van der Waals surface area contributed by atoms with Crippen LogP contribution in [-0.2, 0) is 14.8 Å². The van der Waals surface area contributed by atoms with Crippen LogP contribution in [-0.4, -0.2) is 39.5 Å². The summed E-state index contributed by atoms with van der Waals surface area (Å²) in [4.78, 5) is 28.5. The monoisotopic (exact) mass is 460 g/mol. The topological polar surface area (TPSA) is 179 Å². The lowest BCUT2D eigenvalue weighted by Gasteiger charge is -2.14. The number of hydrogen-bond acceptors (Lipinski definition) is 10. The summed E-state index contributed by atoms with van der Waals surface area (Å²) in [5.41, 5.74) is 11.8. The zero-order chi connectivity index (χ0) is 22.4. The highest BCUT2D eigenvalue weighted by atomic mass is 32.2. The molecule has 1 unspecified atom stereocenters. The third-order valence-electron chi connectivity index (χ3n) is 3.88. The van der Waals surface area contributed by atoms with E-state index in [0.29, 0.717) is 17.3 Å². The number of amides is 1. The molecule has 1 aromatic carbocycles. The fraction of sp³-hybridized carbons (Fsp3) is 0.167. The first kappa shape index (κ1) is 22.2. The van der Waals surface area contributed by atoms with Crippen molar-refractivity contribution in [1.29, 1.82) is 0 Å². The summed E-state index contributed by atoms with van der Waals surface area (Å²) in [6, 6.07) is 8.73. The van der Waals surface area contributed by atoms with E-state index in [1.54, 1.807) is 6.07 Å². The molecular formula is C18H20N8O3S2. The van der Waals surface area contributed by atoms with Crippen LogP contribution in [0, 0.1) is 0 Å². The van der Waals surface area contributed by atoms with E-state index < -0.39 is 15.3 Å². The SMILES string of the molecule is CCC(Sc1nc(N)cc(N)n1)C(=O)Nc1ccc(S(=O)(=O)Nc2ncccn2)cc1. The molecule has 0 aliphatic rings. The van der Waals surface area contributed by atoms with E-state index in [1.165, 1.54) is 42.7 Å². The maximum atomic E-state index is 12.6. The van der Waals surface area contributed by atoms with Gasteiger partial charge in [-0.3, -0.25) is 4.79 Å². The molecule has 0 bridgehead atoms. The molecule has 2 heterocycles. The molecule has 13 heteroatoms. The van der Waals surface area contributed by atoms with Gasteiger partial charge in [-0.2, -0.15) is 0 Å². The van der Waals surface area contributed by atoms with E-state index in [2.05, 4.69) is 30.0 Å². The second-order valence-corrected chi connectivity index (χ2v) is 9.06. The molecule has 0 saturated heterocycles. The second-order valence-electron chi connectivity index (χ2n) is 6.21. The average molecular weight is 461 g/mol. The zero-order valence-corrected chi connectivity index (χ0v) is 18.0. The molecule has 0 fully saturated rings. The fourth-order valence-corrected chi connectivity index (χ4v) is 4.30. The van der Waals surface area contributed by atoms with Crippen LogP contribution in [0.3, 0.4) is 0 Å². The summed E-state index contributed by atoms with van der Waals surface area (Å²) in [6.07, 6.45) is 3.35. The lowest BCUT2D eigenvalue weighted by molar-refractivity contribution is -0.115. The predicted octanol–water partition coefficient (Wildman–Crippen LogP) is 1.74. The number of nitrogens with two attached hydrogens (primary N) is 2. The largest absolute Gasteiger partial charge is 0.383 e. The number of carbonyl (C=O) groups excluding carboxylic acids is 1. The van der Waals surface area contributed by atoms with E-state index in [-0.39, 0.29) is 28.4 Å². The Labute approximate surface area is 183 Å². The second kappa shape index (κ2) is 9.57. The summed E-state index contributed by atoms with van der Waals surface area (Å²) in [5.74, 6) is 0.115. The molecule has 3 aromatic rings. The Hall–Kier alpha value is -3.45. The number of hydrogen-bond donors (Lipinski definition) is 4. The first-order valence-electron chi connectivity index (χ1n) is 9.04. The van der Waals surface area contributed by atoms with Crippen LogP contribution in [0.25, 0.3) is 0 Å². The van der Waals surface area contributed by atoms with Gasteiger partial charge >= 0.3 is 0 Å². The lowest BCUT2D eigenvalue weighted by atomic mass is 10.3. The van der Waals surface area contributed by atoms with Crippen LogP contribution < -0.4 is 21.5 Å². The highest BCUT2D eigenvalue weighted by Gasteiger charge is 2.21. The van der Waals surface area contributed by atoms with Crippen molar-refractivity contribution in [2.45, 2.75) is 28.6 Å². The molecule has 0 saturated carbocycles. The van der Waals surface area contributed by atoms with Crippen LogP contribution in [0.5, 0.6) is 0 Å². The number of nitrogens with zero attached hydrogens (tertiary/aromatic N) is 4. The van der Waals surface area contributed by atoms with Crippen molar-refractivity contribution in [3.8, 4) is 0 Å². The van der Waals surface area contributed by atoms with Crippen molar-refractivity contribution in [2.24, 2.45) is 0 Å². The number of benzene rings is 1. The highest BCUT2D eigenvalue weighted by molar-refractivity contribution is 8.00. The molecule has 162 valence electrons. The molecule has 11 nitrogen and oxygen atoms in total. The van der Waals surface area contributed by atoms with Crippen molar-refractivity contribution < 1.29 is 13.2 Å². The minimum absolute atomic E-state index is 0.00278. The molecule has 2 aromatic heterocycles. The molecular weight excluding hydrogens is 440 g/mol. The van der Waals surface area contributed by atoms with E-state index in [0.717, 1.165) is 11.8 Å². The van der Waals surface area contributed by atoms with Gasteiger partial charge in [0.15, 0.2) is 5.16 Å². The molecule has 1 atom stereocenters. The van der Waals surface area contributed by atoms with Gasteiger partial charge in [0.2, 0.25) is 11.9 Å². The van der Waals surface area contributed by atoms with E-state index >= 15 is 0 Å². The molecule has 3 rings (SSSR count). The van der Waals surface area contributed by atoms with Crippen molar-refractivity contribution in [3.63, 3.8) is 0 Å². The van der Waals surface area contributed by atoms with Crippen molar-refractivity contribution in [3.05, 3.63) is 48.8 Å². The Bertz CT molecular complexity index is 1140. The number of sulfonamides is 1. The Morgan fingerprint density at radius 2 is 1.71 bits per heavy atom. The minimum Gasteiger partial charge on any atom is -0.383 e. The molecule has 0 radical (unpaired) electrons. The Balaban J connectivity index is 1.67. The van der Waals surface area contributed by atoms with Crippen molar-refractivity contribution >= 4 is 51.0 Å². The zero-order valence-electron chi connectivity index (χ0n) is 16.4. The molecule has 31 heavy (non-hydrogen) atoms. The number of nitrogens with one attached hydrogen (secondary N) is 2. The van der Waals surface area contributed by atoms with Gasteiger partial charge < -0.3 is 16.8 Å². The quantitative estimate of drug-likeness (QED) is 0.286. The normalized spacial score (nSPS) is 12.2. The molecule has 0 aliphatic carbocycles. The smallest absolute Gasteiger partial charge is 0.264 e. The lowest BCUT2D eigenvalue weighted by Crippen LogP contribution is -2.25. The number of rotatable bonds is 8. The Kier molecular flexibility index (Phi) is 6.87. The van der Waals surface area contributed by atoms with Gasteiger partial charge in [0.05, 0.1) is 10.1 Å². The summed E-state index contributed by atoms with van der Waals surface area (Å²) in [7, 11) is -3.86. The number of nitrogen functional groups attached to an aromatic ring is 2. The van der Waals surface area contributed by atoms with Crippen molar-refractivity contribution in [2.75, 3.05) is 21.5 Å². The first-order chi connectivity index (χ1) is 14.8. The van der Waals surface area contributed by atoms with Gasteiger partial charge in [-0.05, 0) is 36.8 Å². The van der Waals surface area contributed by atoms with Crippen LogP contribution in [0.15, 0.2) is 58.8 Å². The van der Waals surface area contributed by atoms with Gasteiger partial charge in [0.1, 0.15) is 11.6 Å². The van der Waals surface area contributed by atoms with Gasteiger partial charge in [-0.15, -0.1) is 0 Å². The van der Waals surface area contributed by atoms with Crippen LogP contribution >= 0.6 is 11.8 Å². The minimum atomic E-state index is -3.86. The first-order valence-corrected chi connectivity index (χ1v) is 11.4. The molecule has 0 aliphatic heterocycles. The molecule has 6 N–H and O–H groups in total. The van der Waals surface area contributed by atoms with E-state index in [1.807, 2.05) is 6.92 Å². The maximum Gasteiger partial charge on any atom is 0.264 e. The maximum absolute atomic E-state index is 12.6. The summed E-state index contributed by atoms with van der Waals surface area (Å²) in [6.45, 7) is 1.85. The molecule has 0 spiro atoms. The average Bonchev–Trinajstić information content (AvgIpc) is 2.72. The van der Waals surface area contributed by atoms with Crippen LogP contribution in [0.2, 0.25) is 0 Å². The summed E-state index contributed by atoms with van der Waals surface area (Å²) < 4.78 is 27.1. The van der Waals surface area contributed by atoms with Crippen molar-refractivity contribution in [1.82, 2.24) is 19.9 Å². The Morgan fingerprint density at radius 1 is 1.10 bits per heavy atom. The van der Waals surface area contributed by atoms with Crippen LogP contribution in [0.1, 0.15) is 13.3 Å². The predicted molar refractivity (Wildman–Crippen MR) is 119 cm³/mol. The van der Waals surface area contributed by atoms with Gasteiger partial charge in [0.25, 0.3) is 10.0 Å². The number of anilines is 4. The third-order valence-corrected chi connectivity index (χ3v) is 6.45. The van der Waals surface area contributed by atoms with Crippen LogP contribution in [0.4, 0.5) is 23.3 Å². The fourth-order valence-electron chi connectivity index (χ4n) is 2.44. The van der Waals surface area contributed by atoms with E-state index in [9.17, 15) is 13.2 Å². The number of aromatic nitrogens is 4. The number of thioether (sulfide) groups is 1. The highest BCUT2D eigenvalue weighted by Crippen LogP contribution is 2.25. The van der Waals surface area contributed by atoms with E-state index in [4.69, 9.17) is 11.5 Å². The van der Waals surface area contributed by atoms with Gasteiger partial charge in [0, 0.05) is 24.1 Å². The van der Waals surface area contributed by atoms with Gasteiger partial charge in [-0.25, -0.2) is 33.1 Å².